The van der Waals surface area contributed by atoms with E-state index in [0.717, 1.165) is 32.4 Å². The summed E-state index contributed by atoms with van der Waals surface area (Å²) in [4.78, 5) is 14.3. The molecule has 0 aliphatic heterocycles. The van der Waals surface area contributed by atoms with E-state index in [1.807, 2.05) is 6.92 Å². The zero-order valence-corrected chi connectivity index (χ0v) is 14.5. The van der Waals surface area contributed by atoms with Crippen LogP contribution in [-0.2, 0) is 4.79 Å². The fourth-order valence-corrected chi connectivity index (χ4v) is 1.69. The Bertz CT molecular complexity index is 277. The molecule has 2 N–H and O–H groups in total. The number of nitrogens with one attached hydrogen (secondary N) is 2. The van der Waals surface area contributed by atoms with E-state index in [1.54, 1.807) is 0 Å². The maximum absolute atomic E-state index is 12.0. The maximum Gasteiger partial charge on any atom is 0.237 e. The lowest BCUT2D eigenvalue weighted by atomic mass is 10.0. The molecular formula is C16H35N3O. The normalized spacial score (nSPS) is 13.8. The van der Waals surface area contributed by atoms with Gasteiger partial charge in [-0.25, -0.2) is 0 Å². The van der Waals surface area contributed by atoms with Gasteiger partial charge in [-0.3, -0.25) is 4.79 Å². The number of carbonyl (C=O) groups is 1. The van der Waals surface area contributed by atoms with Crippen molar-refractivity contribution in [2.75, 3.05) is 20.1 Å². The zero-order chi connectivity index (χ0) is 15.8. The number of carbonyl (C=O) groups excluding carboxylic acids is 1. The Morgan fingerprint density at radius 1 is 1.20 bits per heavy atom. The second-order valence-electron chi connectivity index (χ2n) is 6.68. The number of nitrogens with zero attached hydrogens (tertiary/aromatic N) is 1. The standard InChI is InChI=1S/C16H35N3O/c1-8-16(5,6)18-15(20)14(4)17-11-9-10-12-19(7)13(2)3/h13-14,17H,8-12H2,1-7H3,(H,18,20). The highest BCUT2D eigenvalue weighted by molar-refractivity contribution is 5.81. The Hall–Kier alpha value is -0.610. The molecule has 1 atom stereocenters. The van der Waals surface area contributed by atoms with Gasteiger partial charge in [-0.05, 0) is 74.0 Å². The summed E-state index contributed by atoms with van der Waals surface area (Å²) in [5.74, 6) is 0.0937. The van der Waals surface area contributed by atoms with Crippen LogP contribution in [0.1, 0.15) is 60.8 Å². The van der Waals surface area contributed by atoms with E-state index in [-0.39, 0.29) is 17.5 Å². The van der Waals surface area contributed by atoms with E-state index in [0.29, 0.717) is 6.04 Å². The van der Waals surface area contributed by atoms with E-state index < -0.39 is 0 Å². The molecule has 0 heterocycles. The van der Waals surface area contributed by atoms with Crippen LogP contribution in [0.25, 0.3) is 0 Å². The van der Waals surface area contributed by atoms with Gasteiger partial charge in [0.15, 0.2) is 0 Å². The van der Waals surface area contributed by atoms with Crippen molar-refractivity contribution in [1.82, 2.24) is 15.5 Å². The molecule has 120 valence electrons. The quantitative estimate of drug-likeness (QED) is 0.606. The molecule has 1 unspecified atom stereocenters. The van der Waals surface area contributed by atoms with Crippen molar-refractivity contribution < 1.29 is 4.79 Å². The SMILES string of the molecule is CCC(C)(C)NC(=O)C(C)NCCCCN(C)C(C)C. The summed E-state index contributed by atoms with van der Waals surface area (Å²) in [5, 5.41) is 6.37. The number of hydrogen-bond acceptors (Lipinski definition) is 3. The minimum absolute atomic E-state index is 0.0937. The number of rotatable bonds is 10. The Labute approximate surface area is 125 Å². The van der Waals surface area contributed by atoms with Gasteiger partial charge in [0.2, 0.25) is 5.91 Å². The van der Waals surface area contributed by atoms with Gasteiger partial charge < -0.3 is 15.5 Å². The molecule has 20 heavy (non-hydrogen) atoms. The van der Waals surface area contributed by atoms with E-state index in [9.17, 15) is 4.79 Å². The van der Waals surface area contributed by atoms with Crippen molar-refractivity contribution >= 4 is 5.91 Å². The minimum atomic E-state index is -0.122. The molecule has 0 fully saturated rings. The molecule has 1 amide bonds. The third kappa shape index (κ3) is 8.54. The predicted molar refractivity (Wildman–Crippen MR) is 87.0 cm³/mol. The van der Waals surface area contributed by atoms with Crippen molar-refractivity contribution in [3.63, 3.8) is 0 Å². The van der Waals surface area contributed by atoms with Gasteiger partial charge >= 0.3 is 0 Å². The molecule has 0 rings (SSSR count). The van der Waals surface area contributed by atoms with Crippen LogP contribution >= 0.6 is 0 Å². The Morgan fingerprint density at radius 3 is 2.30 bits per heavy atom. The molecule has 0 aromatic carbocycles. The number of unbranched alkanes of at least 4 members (excludes halogenated alkanes) is 1. The van der Waals surface area contributed by atoms with Crippen LogP contribution in [0.4, 0.5) is 0 Å². The van der Waals surface area contributed by atoms with Gasteiger partial charge in [-0.2, -0.15) is 0 Å². The summed E-state index contributed by atoms with van der Waals surface area (Å²) in [5.41, 5.74) is -0.118. The van der Waals surface area contributed by atoms with Gasteiger partial charge in [0.25, 0.3) is 0 Å². The van der Waals surface area contributed by atoms with Gasteiger partial charge in [-0.1, -0.05) is 6.92 Å². The van der Waals surface area contributed by atoms with Crippen LogP contribution in [0.15, 0.2) is 0 Å². The summed E-state index contributed by atoms with van der Waals surface area (Å²) < 4.78 is 0. The highest BCUT2D eigenvalue weighted by Crippen LogP contribution is 2.07. The molecular weight excluding hydrogens is 250 g/mol. The maximum atomic E-state index is 12.0. The highest BCUT2D eigenvalue weighted by Gasteiger charge is 2.21. The average Bonchev–Trinajstić information content (AvgIpc) is 2.37. The fourth-order valence-electron chi connectivity index (χ4n) is 1.69. The van der Waals surface area contributed by atoms with Crippen LogP contribution in [0, 0.1) is 0 Å². The number of hydrogen-bond donors (Lipinski definition) is 2. The monoisotopic (exact) mass is 285 g/mol. The second-order valence-corrected chi connectivity index (χ2v) is 6.68. The largest absolute Gasteiger partial charge is 0.350 e. The van der Waals surface area contributed by atoms with Crippen LogP contribution in [0.5, 0.6) is 0 Å². The molecule has 4 nitrogen and oxygen atoms in total. The molecule has 0 aliphatic carbocycles. The topological polar surface area (TPSA) is 44.4 Å². The Balaban J connectivity index is 3.78. The lowest BCUT2D eigenvalue weighted by molar-refractivity contribution is -0.124. The summed E-state index contributed by atoms with van der Waals surface area (Å²) in [6.45, 7) is 14.6. The van der Waals surface area contributed by atoms with Crippen LogP contribution in [0.3, 0.4) is 0 Å². The molecule has 0 saturated carbocycles. The molecule has 0 spiro atoms. The van der Waals surface area contributed by atoms with Crippen molar-refractivity contribution in [2.45, 2.75) is 78.4 Å². The molecule has 0 aromatic rings. The van der Waals surface area contributed by atoms with Gasteiger partial charge in [0.1, 0.15) is 0 Å². The van der Waals surface area contributed by atoms with Crippen molar-refractivity contribution in [3.05, 3.63) is 0 Å². The Morgan fingerprint density at radius 2 is 1.80 bits per heavy atom. The van der Waals surface area contributed by atoms with E-state index >= 15 is 0 Å². The molecule has 0 aromatic heterocycles. The third-order valence-corrected chi connectivity index (χ3v) is 4.01. The number of amides is 1. The third-order valence-electron chi connectivity index (χ3n) is 4.01. The lowest BCUT2D eigenvalue weighted by Crippen LogP contribution is -2.50. The molecule has 0 radical (unpaired) electrons. The minimum Gasteiger partial charge on any atom is -0.350 e. The van der Waals surface area contributed by atoms with Gasteiger partial charge in [0, 0.05) is 11.6 Å². The average molecular weight is 285 g/mol. The van der Waals surface area contributed by atoms with Crippen LogP contribution < -0.4 is 10.6 Å². The smallest absolute Gasteiger partial charge is 0.237 e. The van der Waals surface area contributed by atoms with E-state index in [2.05, 4.69) is 57.2 Å². The second kappa shape index (κ2) is 9.35. The first kappa shape index (κ1) is 19.4. The molecule has 0 saturated heterocycles. The fraction of sp³-hybridized carbons (Fsp3) is 0.938. The first-order chi connectivity index (χ1) is 9.19. The first-order valence-corrected chi connectivity index (χ1v) is 7.95. The molecule has 4 heteroatoms. The van der Waals surface area contributed by atoms with Gasteiger partial charge in [-0.15, -0.1) is 0 Å². The van der Waals surface area contributed by atoms with E-state index in [1.165, 1.54) is 0 Å². The van der Waals surface area contributed by atoms with Crippen LogP contribution in [0.2, 0.25) is 0 Å². The summed E-state index contributed by atoms with van der Waals surface area (Å²) in [6, 6.07) is 0.479. The summed E-state index contributed by atoms with van der Waals surface area (Å²) in [6.07, 6.45) is 3.20. The van der Waals surface area contributed by atoms with Crippen molar-refractivity contribution in [1.29, 1.82) is 0 Å². The van der Waals surface area contributed by atoms with Crippen molar-refractivity contribution in [2.24, 2.45) is 0 Å². The van der Waals surface area contributed by atoms with E-state index in [4.69, 9.17) is 0 Å². The van der Waals surface area contributed by atoms with Crippen LogP contribution in [-0.4, -0.2) is 48.6 Å². The van der Waals surface area contributed by atoms with Crippen molar-refractivity contribution in [3.8, 4) is 0 Å². The summed E-state index contributed by atoms with van der Waals surface area (Å²) in [7, 11) is 2.15. The lowest BCUT2D eigenvalue weighted by Gasteiger charge is -2.27. The highest BCUT2D eigenvalue weighted by atomic mass is 16.2. The first-order valence-electron chi connectivity index (χ1n) is 7.95. The molecule has 0 bridgehead atoms. The predicted octanol–water partition coefficient (Wildman–Crippen LogP) is 2.39. The Kier molecular flexibility index (Phi) is 9.06. The summed E-state index contributed by atoms with van der Waals surface area (Å²) >= 11 is 0. The van der Waals surface area contributed by atoms with Gasteiger partial charge in [0.05, 0.1) is 6.04 Å². The molecule has 0 aliphatic rings. The zero-order valence-electron chi connectivity index (χ0n) is 14.5.